The molecule has 0 rings (SSSR count). The van der Waals surface area contributed by atoms with Gasteiger partial charge in [0.1, 0.15) is 0 Å². The van der Waals surface area contributed by atoms with Crippen LogP contribution in [0.2, 0.25) is 13.1 Å². The van der Waals surface area contributed by atoms with E-state index in [0.29, 0.717) is 24.5 Å². The molecule has 0 aromatic heterocycles. The molecule has 2 unspecified atom stereocenters. The van der Waals surface area contributed by atoms with E-state index in [4.69, 9.17) is 4.12 Å². The third-order valence-electron chi connectivity index (χ3n) is 3.04. The minimum atomic E-state index is -6.01. The molecule has 172 valence electrons. The second kappa shape index (κ2) is 8.60. The molecule has 3 nitrogen and oxygen atoms in total. The summed E-state index contributed by atoms with van der Waals surface area (Å²) in [6.45, 7) is 6.85. The van der Waals surface area contributed by atoms with Crippen LogP contribution in [0.25, 0.3) is 0 Å². The minimum absolute atomic E-state index is 0.325. The Morgan fingerprint density at radius 2 is 0.793 bits per heavy atom. The molecule has 2 atom stereocenters. The lowest BCUT2D eigenvalue weighted by atomic mass is 10.3. The quantitative estimate of drug-likeness (QED) is 0.327. The summed E-state index contributed by atoms with van der Waals surface area (Å²) in [6, 6.07) is 0. The molecule has 0 saturated carbocycles. The standard InChI is InChI=1S/C12H14F12O3Si2/c1-5-28(3,25-7(9(13,14)15)10(16,17)18)27-29(4,6-2)26-8(11(19,20)21)12(22,23)24/h5-8H,1-2H2,3-4H3. The fraction of sp³-hybridized carbons (Fsp3) is 0.667. The van der Waals surface area contributed by atoms with Gasteiger partial charge in [0, 0.05) is 0 Å². The van der Waals surface area contributed by atoms with Crippen molar-refractivity contribution < 1.29 is 65.7 Å². The van der Waals surface area contributed by atoms with Crippen LogP contribution in [-0.2, 0) is 13.0 Å². The maximum absolute atomic E-state index is 12.7. The van der Waals surface area contributed by atoms with Crippen molar-refractivity contribution >= 4 is 17.1 Å². The van der Waals surface area contributed by atoms with E-state index in [1.54, 1.807) is 0 Å². The van der Waals surface area contributed by atoms with Gasteiger partial charge >= 0.3 is 41.8 Å². The molecular formula is C12H14F12O3Si2. The molecule has 0 bridgehead atoms. The van der Waals surface area contributed by atoms with Crippen LogP contribution in [0, 0.1) is 0 Å². The molecule has 0 amide bonds. The highest BCUT2D eigenvalue weighted by atomic mass is 28.5. The summed E-state index contributed by atoms with van der Waals surface area (Å²) in [5.41, 5.74) is 0.650. The van der Waals surface area contributed by atoms with Crippen LogP contribution in [0.4, 0.5) is 52.7 Å². The predicted molar refractivity (Wildman–Crippen MR) is 78.7 cm³/mol. The Balaban J connectivity index is 5.96. The Kier molecular flexibility index (Phi) is 8.29. The summed E-state index contributed by atoms with van der Waals surface area (Å²) in [5.74, 6) is 0. The zero-order valence-corrected chi connectivity index (χ0v) is 16.5. The Bertz CT molecular complexity index is 507. The summed E-state index contributed by atoms with van der Waals surface area (Å²) >= 11 is 0. The molecule has 0 aromatic rings. The van der Waals surface area contributed by atoms with Gasteiger partial charge < -0.3 is 13.0 Å². The summed E-state index contributed by atoms with van der Waals surface area (Å²) in [7, 11) is -9.79. The molecule has 0 aliphatic carbocycles. The van der Waals surface area contributed by atoms with Crippen LogP contribution in [0.5, 0.6) is 0 Å². The first-order valence-electron chi connectivity index (χ1n) is 7.10. The van der Waals surface area contributed by atoms with Crippen molar-refractivity contribution in [1.29, 1.82) is 0 Å². The summed E-state index contributed by atoms with van der Waals surface area (Å²) in [6.07, 6.45) is -32.9. The summed E-state index contributed by atoms with van der Waals surface area (Å²) < 4.78 is 165. The van der Waals surface area contributed by atoms with Crippen molar-refractivity contribution in [3.8, 4) is 0 Å². The number of halogens is 12. The fourth-order valence-corrected chi connectivity index (χ4v) is 7.67. The lowest BCUT2D eigenvalue weighted by Crippen LogP contribution is -2.59. The first-order valence-corrected chi connectivity index (χ1v) is 11.9. The largest absolute Gasteiger partial charge is 0.422 e. The Hall–Kier alpha value is -1.05. The van der Waals surface area contributed by atoms with E-state index < -0.39 is 54.0 Å². The topological polar surface area (TPSA) is 27.7 Å². The van der Waals surface area contributed by atoms with Crippen molar-refractivity contribution in [2.24, 2.45) is 0 Å². The van der Waals surface area contributed by atoms with Crippen LogP contribution in [0.15, 0.2) is 24.6 Å². The molecule has 0 radical (unpaired) electrons. The molecule has 0 aliphatic rings. The van der Waals surface area contributed by atoms with Gasteiger partial charge in [-0.15, -0.1) is 13.2 Å². The Labute approximate surface area is 158 Å². The molecule has 0 spiro atoms. The van der Waals surface area contributed by atoms with Crippen LogP contribution in [0.1, 0.15) is 0 Å². The average molecular weight is 490 g/mol. The molecule has 29 heavy (non-hydrogen) atoms. The lowest BCUT2D eigenvalue weighted by molar-refractivity contribution is -0.306. The van der Waals surface area contributed by atoms with Crippen LogP contribution >= 0.6 is 0 Å². The molecular weight excluding hydrogens is 476 g/mol. The highest BCUT2D eigenvalue weighted by Crippen LogP contribution is 2.40. The van der Waals surface area contributed by atoms with Crippen molar-refractivity contribution in [1.82, 2.24) is 0 Å². The van der Waals surface area contributed by atoms with Gasteiger partial charge in [0.25, 0.3) is 0 Å². The normalized spacial score (nSPS) is 18.5. The van der Waals surface area contributed by atoms with Gasteiger partial charge in [0.15, 0.2) is 0 Å². The summed E-state index contributed by atoms with van der Waals surface area (Å²) in [4.78, 5) is 0. The molecule has 0 fully saturated rings. The molecule has 0 heterocycles. The smallest absolute Gasteiger partial charge is 0.409 e. The predicted octanol–water partition coefficient (Wildman–Crippen LogP) is 5.62. The van der Waals surface area contributed by atoms with Crippen molar-refractivity contribution in [3.63, 3.8) is 0 Å². The lowest BCUT2D eigenvalue weighted by Gasteiger charge is -2.38. The van der Waals surface area contributed by atoms with Gasteiger partial charge in [-0.2, -0.15) is 52.7 Å². The third-order valence-corrected chi connectivity index (χ3v) is 9.17. The number of alkyl halides is 12. The van der Waals surface area contributed by atoms with E-state index in [9.17, 15) is 52.7 Å². The van der Waals surface area contributed by atoms with E-state index in [2.05, 4.69) is 22.0 Å². The van der Waals surface area contributed by atoms with E-state index in [1.807, 2.05) is 0 Å². The van der Waals surface area contributed by atoms with E-state index in [-0.39, 0.29) is 0 Å². The monoisotopic (exact) mass is 490 g/mol. The van der Waals surface area contributed by atoms with Crippen molar-refractivity contribution in [2.45, 2.75) is 50.0 Å². The highest BCUT2D eigenvalue weighted by molar-refractivity contribution is 6.84. The Morgan fingerprint density at radius 1 is 0.586 bits per heavy atom. The van der Waals surface area contributed by atoms with E-state index >= 15 is 0 Å². The van der Waals surface area contributed by atoms with Gasteiger partial charge in [0.2, 0.25) is 12.2 Å². The van der Waals surface area contributed by atoms with Gasteiger partial charge in [-0.05, 0) is 13.1 Å². The van der Waals surface area contributed by atoms with E-state index in [1.165, 1.54) is 0 Å². The van der Waals surface area contributed by atoms with Gasteiger partial charge in [-0.3, -0.25) is 0 Å². The van der Waals surface area contributed by atoms with Crippen LogP contribution in [0.3, 0.4) is 0 Å². The highest BCUT2D eigenvalue weighted by Gasteiger charge is 2.63. The molecule has 17 heteroatoms. The average Bonchev–Trinajstić information content (AvgIpc) is 2.46. The van der Waals surface area contributed by atoms with Crippen LogP contribution in [-0.4, -0.2) is 54.0 Å². The van der Waals surface area contributed by atoms with Crippen LogP contribution < -0.4 is 0 Å². The molecule has 0 aromatic carbocycles. The fourth-order valence-electron chi connectivity index (χ4n) is 1.74. The van der Waals surface area contributed by atoms with Crippen molar-refractivity contribution in [2.75, 3.05) is 0 Å². The minimum Gasteiger partial charge on any atom is -0.409 e. The molecule has 0 N–H and O–H groups in total. The number of rotatable bonds is 8. The van der Waals surface area contributed by atoms with Gasteiger partial charge in [-0.25, -0.2) is 0 Å². The zero-order chi connectivity index (χ0) is 23.7. The maximum atomic E-state index is 12.7. The Morgan fingerprint density at radius 3 is 0.931 bits per heavy atom. The van der Waals surface area contributed by atoms with Gasteiger partial charge in [-0.1, -0.05) is 11.4 Å². The first-order chi connectivity index (χ1) is 12.5. The SMILES string of the molecule is C=C[Si](C)(OC(C(F)(F)F)C(F)(F)F)O[Si](C)(C=C)OC(C(F)(F)F)C(F)(F)F. The molecule has 0 saturated heterocycles. The zero-order valence-electron chi connectivity index (χ0n) is 14.5. The second-order valence-corrected chi connectivity index (χ2v) is 11.9. The molecule has 0 aliphatic heterocycles. The maximum Gasteiger partial charge on any atom is 0.422 e. The van der Waals surface area contributed by atoms with Gasteiger partial charge in [0.05, 0.1) is 0 Å². The summed E-state index contributed by atoms with van der Waals surface area (Å²) in [5, 5.41) is 0. The number of hydrogen-bond donors (Lipinski definition) is 0. The number of hydrogen-bond acceptors (Lipinski definition) is 3. The third kappa shape index (κ3) is 8.31. The van der Waals surface area contributed by atoms with E-state index in [0.717, 1.165) is 0 Å². The second-order valence-electron chi connectivity index (χ2n) is 5.70. The van der Waals surface area contributed by atoms with Crippen molar-refractivity contribution in [3.05, 3.63) is 24.6 Å². The first kappa shape index (κ1) is 28.0.